The molecule has 0 aliphatic rings. The molecule has 0 saturated carbocycles. The van der Waals surface area contributed by atoms with Crippen LogP contribution in [-0.4, -0.2) is 37.2 Å². The van der Waals surface area contributed by atoms with Crippen LogP contribution >= 0.6 is 11.3 Å². The largest absolute Gasteiger partial charge is 0.462 e. The zero-order valence-electron chi connectivity index (χ0n) is 16.4. The van der Waals surface area contributed by atoms with E-state index in [1.807, 2.05) is 6.92 Å². The zero-order chi connectivity index (χ0) is 20.9. The maximum Gasteiger partial charge on any atom is 0.350 e. The number of sulfone groups is 1. The minimum atomic E-state index is -3.43. The molecule has 1 aromatic heterocycles. The van der Waals surface area contributed by atoms with Crippen LogP contribution in [0.1, 0.15) is 40.7 Å². The molecule has 0 atom stereocenters. The van der Waals surface area contributed by atoms with Crippen LogP contribution < -0.4 is 4.80 Å². The highest BCUT2D eigenvalue weighted by Crippen LogP contribution is 2.15. The minimum Gasteiger partial charge on any atom is -0.462 e. The number of hydrogen-bond donors (Lipinski definition) is 0. The first-order valence-corrected chi connectivity index (χ1v) is 11.3. The smallest absolute Gasteiger partial charge is 0.350 e. The van der Waals surface area contributed by atoms with Gasteiger partial charge in [-0.15, -0.1) is 0 Å². The Morgan fingerprint density at radius 1 is 1.18 bits per heavy atom. The third-order valence-electron chi connectivity index (χ3n) is 4.18. The second-order valence-corrected chi connectivity index (χ2v) is 9.41. The molecule has 0 radical (unpaired) electrons. The third kappa shape index (κ3) is 5.39. The lowest BCUT2D eigenvalue weighted by molar-refractivity contribution is -0.118. The van der Waals surface area contributed by atoms with Gasteiger partial charge in [-0.2, -0.15) is 4.99 Å². The molecule has 0 bridgehead atoms. The van der Waals surface area contributed by atoms with E-state index in [1.54, 1.807) is 49.7 Å². The van der Waals surface area contributed by atoms with E-state index in [0.29, 0.717) is 15.4 Å². The summed E-state index contributed by atoms with van der Waals surface area (Å²) in [5.41, 5.74) is 1.64. The number of amides is 1. The van der Waals surface area contributed by atoms with Gasteiger partial charge in [0.2, 0.25) is 5.91 Å². The van der Waals surface area contributed by atoms with Crippen molar-refractivity contribution in [3.8, 4) is 0 Å². The molecule has 1 amide bonds. The van der Waals surface area contributed by atoms with Gasteiger partial charge in [0, 0.05) is 19.2 Å². The van der Waals surface area contributed by atoms with E-state index >= 15 is 0 Å². The Balaban J connectivity index is 2.05. The van der Waals surface area contributed by atoms with E-state index in [9.17, 15) is 18.0 Å². The lowest BCUT2D eigenvalue weighted by Crippen LogP contribution is -2.15. The highest BCUT2D eigenvalue weighted by atomic mass is 32.2. The molecule has 9 heteroatoms. The molecule has 0 aliphatic carbocycles. The fourth-order valence-corrected chi connectivity index (χ4v) is 4.79. The number of thiazole rings is 1. The predicted octanol–water partition coefficient (Wildman–Crippen LogP) is 2.56. The van der Waals surface area contributed by atoms with Gasteiger partial charge in [-0.1, -0.05) is 29.0 Å². The molecular weight excluding hydrogens is 400 g/mol. The van der Waals surface area contributed by atoms with Gasteiger partial charge in [0.1, 0.15) is 4.88 Å². The first-order chi connectivity index (χ1) is 13.2. The quantitative estimate of drug-likeness (QED) is 0.637. The van der Waals surface area contributed by atoms with Crippen molar-refractivity contribution in [2.45, 2.75) is 38.5 Å². The zero-order valence-corrected chi connectivity index (χ0v) is 18.0. The lowest BCUT2D eigenvalue weighted by atomic mass is 10.2. The molecule has 0 fully saturated rings. The number of esters is 1. The Morgan fingerprint density at radius 3 is 2.43 bits per heavy atom. The molecule has 1 aromatic carbocycles. The highest BCUT2D eigenvalue weighted by Gasteiger charge is 2.17. The summed E-state index contributed by atoms with van der Waals surface area (Å²) < 4.78 is 31.3. The number of carbonyl (C=O) groups excluding carboxylic acids is 2. The van der Waals surface area contributed by atoms with Crippen molar-refractivity contribution in [2.75, 3.05) is 12.4 Å². The third-order valence-corrected chi connectivity index (χ3v) is 7.21. The molecule has 0 spiro atoms. The topological polar surface area (TPSA) is 94.8 Å². The van der Waals surface area contributed by atoms with Gasteiger partial charge in [0.05, 0.1) is 17.3 Å². The second-order valence-electron chi connectivity index (χ2n) is 6.32. The van der Waals surface area contributed by atoms with E-state index in [1.165, 1.54) is 0 Å². The van der Waals surface area contributed by atoms with E-state index in [0.717, 1.165) is 16.9 Å². The average Bonchev–Trinajstić information content (AvgIpc) is 2.90. The van der Waals surface area contributed by atoms with E-state index < -0.39 is 21.7 Å². The number of rotatable bonds is 7. The Bertz CT molecular complexity index is 1030. The number of benzene rings is 1. The first-order valence-electron chi connectivity index (χ1n) is 8.86. The number of aromatic nitrogens is 1. The minimum absolute atomic E-state index is 0.0107. The Hall–Kier alpha value is -2.26. The summed E-state index contributed by atoms with van der Waals surface area (Å²) in [5.74, 6) is -0.994. The molecule has 0 saturated heterocycles. The lowest BCUT2D eigenvalue weighted by Gasteiger charge is -2.04. The van der Waals surface area contributed by atoms with E-state index in [-0.39, 0.29) is 30.1 Å². The molecule has 2 aromatic rings. The summed E-state index contributed by atoms with van der Waals surface area (Å²) in [6.07, 6.45) is 0.189. The standard InChI is InChI=1S/C19H24N2O5S2/c1-5-26-18(23)17-14(3)21(4)19(27-17)20-16(22)7-6-12-28(24,25)15-10-8-13(2)9-11-15/h8-11H,5-7,12H2,1-4H3. The molecule has 2 rings (SSSR count). The van der Waals surface area contributed by atoms with E-state index in [4.69, 9.17) is 4.74 Å². The molecule has 0 N–H and O–H groups in total. The summed E-state index contributed by atoms with van der Waals surface area (Å²) >= 11 is 1.08. The van der Waals surface area contributed by atoms with Crippen molar-refractivity contribution in [1.29, 1.82) is 0 Å². The van der Waals surface area contributed by atoms with Crippen molar-refractivity contribution in [3.63, 3.8) is 0 Å². The molecule has 28 heavy (non-hydrogen) atoms. The molecule has 1 heterocycles. The van der Waals surface area contributed by atoms with Crippen LogP contribution in [0.25, 0.3) is 0 Å². The van der Waals surface area contributed by atoms with Crippen molar-refractivity contribution >= 4 is 33.1 Å². The number of hydrogen-bond acceptors (Lipinski definition) is 6. The number of carbonyl (C=O) groups is 2. The summed E-state index contributed by atoms with van der Waals surface area (Å²) in [6, 6.07) is 6.63. The molecular formula is C19H24N2O5S2. The van der Waals surface area contributed by atoms with Crippen LogP contribution in [0.2, 0.25) is 0 Å². The van der Waals surface area contributed by atoms with Crippen LogP contribution in [0, 0.1) is 13.8 Å². The molecule has 0 unspecified atom stereocenters. The van der Waals surface area contributed by atoms with Gasteiger partial charge in [-0.05, 0) is 39.3 Å². The van der Waals surface area contributed by atoms with Gasteiger partial charge in [-0.3, -0.25) is 4.79 Å². The Kier molecular flexibility index (Phi) is 7.31. The Morgan fingerprint density at radius 2 is 1.82 bits per heavy atom. The van der Waals surface area contributed by atoms with Gasteiger partial charge < -0.3 is 9.30 Å². The van der Waals surface area contributed by atoms with Crippen molar-refractivity contribution < 1.29 is 22.7 Å². The fourth-order valence-electron chi connectivity index (χ4n) is 2.45. The maximum absolute atomic E-state index is 12.3. The molecule has 7 nitrogen and oxygen atoms in total. The monoisotopic (exact) mass is 424 g/mol. The van der Waals surface area contributed by atoms with Crippen LogP contribution in [0.4, 0.5) is 0 Å². The van der Waals surface area contributed by atoms with Crippen LogP contribution in [0.3, 0.4) is 0 Å². The van der Waals surface area contributed by atoms with Crippen LogP contribution in [-0.2, 0) is 26.4 Å². The summed E-state index contributed by atoms with van der Waals surface area (Å²) in [4.78, 5) is 29.2. The van der Waals surface area contributed by atoms with Gasteiger partial charge in [0.15, 0.2) is 14.6 Å². The number of nitrogens with zero attached hydrogens (tertiary/aromatic N) is 2. The predicted molar refractivity (Wildman–Crippen MR) is 107 cm³/mol. The highest BCUT2D eigenvalue weighted by molar-refractivity contribution is 7.91. The molecule has 152 valence electrons. The average molecular weight is 425 g/mol. The number of aryl methyl sites for hydroxylation is 1. The van der Waals surface area contributed by atoms with Crippen molar-refractivity contribution in [2.24, 2.45) is 12.0 Å². The summed E-state index contributed by atoms with van der Waals surface area (Å²) in [6.45, 7) is 5.62. The molecule has 0 aliphatic heterocycles. The number of ether oxygens (including phenoxy) is 1. The summed E-state index contributed by atoms with van der Waals surface area (Å²) in [5, 5.41) is 0. The van der Waals surface area contributed by atoms with Crippen LogP contribution in [0.15, 0.2) is 34.2 Å². The summed E-state index contributed by atoms with van der Waals surface area (Å²) in [7, 11) is -1.72. The Labute approximate surface area is 168 Å². The van der Waals surface area contributed by atoms with E-state index in [2.05, 4.69) is 4.99 Å². The maximum atomic E-state index is 12.3. The second kappa shape index (κ2) is 9.29. The van der Waals surface area contributed by atoms with Crippen molar-refractivity contribution in [3.05, 3.63) is 45.2 Å². The van der Waals surface area contributed by atoms with Crippen molar-refractivity contribution in [1.82, 2.24) is 4.57 Å². The van der Waals surface area contributed by atoms with Gasteiger partial charge in [0.25, 0.3) is 0 Å². The first kappa shape index (κ1) is 22.0. The van der Waals surface area contributed by atoms with Gasteiger partial charge in [-0.25, -0.2) is 13.2 Å². The van der Waals surface area contributed by atoms with Crippen LogP contribution in [0.5, 0.6) is 0 Å². The SMILES string of the molecule is CCOC(=O)c1sc(=NC(=O)CCCS(=O)(=O)c2ccc(C)cc2)n(C)c1C. The van der Waals surface area contributed by atoms with Gasteiger partial charge >= 0.3 is 5.97 Å². The normalized spacial score (nSPS) is 12.2. The fraction of sp³-hybridized carbons (Fsp3) is 0.421.